The Morgan fingerprint density at radius 2 is 2.39 bits per heavy atom. The summed E-state index contributed by atoms with van der Waals surface area (Å²) in [6.07, 6.45) is 3.83. The normalized spacial score (nSPS) is 12.9. The highest BCUT2D eigenvalue weighted by atomic mass is 79.9. The number of aromatic nitrogens is 2. The Morgan fingerprint density at radius 3 is 2.94 bits per heavy atom. The number of nitrogens with one attached hydrogen (secondary N) is 1. The quantitative estimate of drug-likeness (QED) is 0.655. The van der Waals surface area contributed by atoms with Crippen molar-refractivity contribution in [1.82, 2.24) is 15.2 Å². The van der Waals surface area contributed by atoms with E-state index >= 15 is 0 Å². The number of nitrogens with zero attached hydrogens (tertiary/aromatic N) is 2. The molecule has 0 bridgehead atoms. The predicted octanol–water partition coefficient (Wildman–Crippen LogP) is 2.55. The molecular formula is C12H17BrN4S. The molecule has 2 rings (SSSR count). The number of rotatable bonds is 5. The van der Waals surface area contributed by atoms with Gasteiger partial charge >= 0.3 is 0 Å². The van der Waals surface area contributed by atoms with Gasteiger partial charge in [-0.1, -0.05) is 6.92 Å². The van der Waals surface area contributed by atoms with Crippen LogP contribution in [0.3, 0.4) is 0 Å². The average Bonchev–Trinajstić information content (AvgIpc) is 2.92. The number of hydrogen-bond donors (Lipinski definition) is 2. The Hall–Kier alpha value is -0.690. The minimum atomic E-state index is 0.101. The standard InChI is InChI=1S/C12H17BrN4S/c1-3-10-8(7-17(2)16-10)11(15-14)6-12-9(13)4-5-18-12/h4-5,7,11,15H,3,6,14H2,1-2H3. The summed E-state index contributed by atoms with van der Waals surface area (Å²) in [6, 6.07) is 2.17. The van der Waals surface area contributed by atoms with Crippen molar-refractivity contribution in [3.8, 4) is 0 Å². The summed E-state index contributed by atoms with van der Waals surface area (Å²) in [5.41, 5.74) is 5.19. The van der Waals surface area contributed by atoms with Gasteiger partial charge in [0.05, 0.1) is 11.7 Å². The third-order valence-electron chi connectivity index (χ3n) is 2.93. The van der Waals surface area contributed by atoms with E-state index in [0.717, 1.165) is 23.0 Å². The predicted molar refractivity (Wildman–Crippen MR) is 78.4 cm³/mol. The van der Waals surface area contributed by atoms with Crippen molar-refractivity contribution >= 4 is 27.3 Å². The first kappa shape index (κ1) is 13.7. The maximum atomic E-state index is 5.71. The zero-order valence-corrected chi connectivity index (χ0v) is 12.9. The summed E-state index contributed by atoms with van der Waals surface area (Å²) in [4.78, 5) is 1.30. The monoisotopic (exact) mass is 328 g/mol. The number of halogens is 1. The first-order chi connectivity index (χ1) is 8.65. The van der Waals surface area contributed by atoms with Gasteiger partial charge in [0.25, 0.3) is 0 Å². The number of hydrazine groups is 1. The van der Waals surface area contributed by atoms with Gasteiger partial charge in [0.1, 0.15) is 0 Å². The first-order valence-electron chi connectivity index (χ1n) is 5.86. The fraction of sp³-hybridized carbons (Fsp3) is 0.417. The SMILES string of the molecule is CCc1nn(C)cc1C(Cc1sccc1Br)NN. The Kier molecular flexibility index (Phi) is 4.55. The van der Waals surface area contributed by atoms with E-state index in [1.54, 1.807) is 11.3 Å². The Labute approximate surface area is 119 Å². The summed E-state index contributed by atoms with van der Waals surface area (Å²) >= 11 is 5.30. The molecule has 6 heteroatoms. The van der Waals surface area contributed by atoms with Crippen LogP contribution in [0.25, 0.3) is 0 Å². The van der Waals surface area contributed by atoms with Gasteiger partial charge in [0.15, 0.2) is 0 Å². The van der Waals surface area contributed by atoms with Gasteiger partial charge in [0, 0.05) is 34.6 Å². The van der Waals surface area contributed by atoms with Crippen molar-refractivity contribution < 1.29 is 0 Å². The molecular weight excluding hydrogens is 312 g/mol. The second-order valence-corrected chi connectivity index (χ2v) is 6.03. The average molecular weight is 329 g/mol. The van der Waals surface area contributed by atoms with Crippen LogP contribution in [-0.2, 0) is 19.9 Å². The lowest BCUT2D eigenvalue weighted by atomic mass is 10.0. The number of thiophene rings is 1. The minimum absolute atomic E-state index is 0.101. The van der Waals surface area contributed by atoms with Crippen molar-refractivity contribution in [2.24, 2.45) is 12.9 Å². The molecule has 0 radical (unpaired) electrons. The second-order valence-electron chi connectivity index (χ2n) is 4.17. The maximum absolute atomic E-state index is 5.71. The fourth-order valence-electron chi connectivity index (χ4n) is 2.03. The van der Waals surface area contributed by atoms with Crippen LogP contribution in [0.4, 0.5) is 0 Å². The van der Waals surface area contributed by atoms with Crippen molar-refractivity contribution in [2.45, 2.75) is 25.8 Å². The number of aryl methyl sites for hydroxylation is 2. The lowest BCUT2D eigenvalue weighted by Crippen LogP contribution is -2.29. The van der Waals surface area contributed by atoms with Gasteiger partial charge < -0.3 is 0 Å². The summed E-state index contributed by atoms with van der Waals surface area (Å²) in [5, 5.41) is 6.54. The lowest BCUT2D eigenvalue weighted by Gasteiger charge is -2.15. The second kappa shape index (κ2) is 5.97. The molecule has 0 aliphatic carbocycles. The van der Waals surface area contributed by atoms with E-state index in [4.69, 9.17) is 5.84 Å². The highest BCUT2D eigenvalue weighted by molar-refractivity contribution is 9.10. The summed E-state index contributed by atoms with van der Waals surface area (Å²) in [6.45, 7) is 2.11. The van der Waals surface area contributed by atoms with Crippen molar-refractivity contribution in [3.63, 3.8) is 0 Å². The van der Waals surface area contributed by atoms with Gasteiger partial charge in [-0.2, -0.15) is 5.10 Å². The zero-order valence-electron chi connectivity index (χ0n) is 10.5. The van der Waals surface area contributed by atoms with Crippen LogP contribution in [0.1, 0.15) is 29.1 Å². The molecule has 0 fully saturated rings. The molecule has 4 nitrogen and oxygen atoms in total. The van der Waals surface area contributed by atoms with Crippen LogP contribution < -0.4 is 11.3 Å². The van der Waals surface area contributed by atoms with Gasteiger partial charge in [0.2, 0.25) is 0 Å². The molecule has 2 aromatic heterocycles. The third kappa shape index (κ3) is 2.83. The first-order valence-corrected chi connectivity index (χ1v) is 7.53. The van der Waals surface area contributed by atoms with Crippen LogP contribution in [0.2, 0.25) is 0 Å². The van der Waals surface area contributed by atoms with Crippen molar-refractivity contribution in [1.29, 1.82) is 0 Å². The summed E-state index contributed by atoms with van der Waals surface area (Å²) < 4.78 is 3.00. The molecule has 0 aliphatic rings. The van der Waals surface area contributed by atoms with E-state index in [1.807, 2.05) is 17.9 Å². The van der Waals surface area contributed by atoms with Gasteiger partial charge in [-0.05, 0) is 33.8 Å². The van der Waals surface area contributed by atoms with Gasteiger partial charge in [-0.25, -0.2) is 0 Å². The summed E-state index contributed by atoms with van der Waals surface area (Å²) in [5.74, 6) is 5.71. The van der Waals surface area contributed by atoms with Crippen LogP contribution >= 0.6 is 27.3 Å². The van der Waals surface area contributed by atoms with E-state index in [0.29, 0.717) is 0 Å². The molecule has 0 spiro atoms. The molecule has 1 atom stereocenters. The van der Waals surface area contributed by atoms with E-state index in [9.17, 15) is 0 Å². The molecule has 1 unspecified atom stereocenters. The van der Waals surface area contributed by atoms with E-state index in [2.05, 4.69) is 44.8 Å². The molecule has 0 saturated carbocycles. The molecule has 0 aromatic carbocycles. The van der Waals surface area contributed by atoms with Crippen LogP contribution in [-0.4, -0.2) is 9.78 Å². The molecule has 3 N–H and O–H groups in total. The fourth-order valence-corrected chi connectivity index (χ4v) is 3.59. The zero-order chi connectivity index (χ0) is 13.1. The molecule has 18 heavy (non-hydrogen) atoms. The van der Waals surface area contributed by atoms with Crippen molar-refractivity contribution in [3.05, 3.63) is 38.3 Å². The number of hydrogen-bond acceptors (Lipinski definition) is 4. The highest BCUT2D eigenvalue weighted by Crippen LogP contribution is 2.29. The molecule has 2 aromatic rings. The van der Waals surface area contributed by atoms with Crippen LogP contribution in [0, 0.1) is 0 Å². The van der Waals surface area contributed by atoms with Gasteiger partial charge in [-0.3, -0.25) is 16.0 Å². The lowest BCUT2D eigenvalue weighted by molar-refractivity contribution is 0.550. The molecule has 0 amide bonds. The Balaban J connectivity index is 2.25. The van der Waals surface area contributed by atoms with E-state index < -0.39 is 0 Å². The maximum Gasteiger partial charge on any atom is 0.0670 e. The van der Waals surface area contributed by atoms with Crippen LogP contribution in [0.15, 0.2) is 22.1 Å². The largest absolute Gasteiger partial charge is 0.275 e. The van der Waals surface area contributed by atoms with Crippen LogP contribution in [0.5, 0.6) is 0 Å². The van der Waals surface area contributed by atoms with E-state index in [1.165, 1.54) is 10.4 Å². The Morgan fingerprint density at radius 1 is 1.61 bits per heavy atom. The molecule has 98 valence electrons. The third-order valence-corrected chi connectivity index (χ3v) is 4.88. The smallest absolute Gasteiger partial charge is 0.0670 e. The summed E-state index contributed by atoms with van der Waals surface area (Å²) in [7, 11) is 1.94. The van der Waals surface area contributed by atoms with Gasteiger partial charge in [-0.15, -0.1) is 11.3 Å². The Bertz CT molecular complexity index is 520. The molecule has 2 heterocycles. The molecule has 0 saturated heterocycles. The topological polar surface area (TPSA) is 55.9 Å². The highest BCUT2D eigenvalue weighted by Gasteiger charge is 2.18. The van der Waals surface area contributed by atoms with Crippen molar-refractivity contribution in [2.75, 3.05) is 0 Å². The minimum Gasteiger partial charge on any atom is -0.275 e. The number of nitrogens with two attached hydrogens (primary N) is 1. The van der Waals surface area contributed by atoms with E-state index in [-0.39, 0.29) is 6.04 Å². The molecule has 0 aliphatic heterocycles.